The summed E-state index contributed by atoms with van der Waals surface area (Å²) in [4.78, 5) is 38.0. The molecule has 1 aromatic rings. The fraction of sp³-hybridized carbons (Fsp3) is 0.640. The topological polar surface area (TPSA) is 88.1 Å². The first-order valence-electron chi connectivity index (χ1n) is 11.4. The van der Waals surface area contributed by atoms with E-state index >= 15 is 0 Å². The van der Waals surface area contributed by atoms with Gasteiger partial charge in [-0.2, -0.15) is 0 Å². The van der Waals surface area contributed by atoms with Crippen molar-refractivity contribution in [2.75, 3.05) is 6.61 Å². The summed E-state index contributed by atoms with van der Waals surface area (Å²) in [5.74, 6) is -0.963. The van der Waals surface area contributed by atoms with Gasteiger partial charge < -0.3 is 18.9 Å². The van der Waals surface area contributed by atoms with E-state index < -0.39 is 41.1 Å². The standard InChI is InChI=1S/C25H32O7/c1-6-14(2)15-7-9-17(10-8-15)29-13-19(26)30-20-16-11-18-21(20)31-22(27)25(18,12-16)23(28)32-24(3,4)5/h7-10,14,16,18,20-21H,6,11-13H2,1-5H3. The van der Waals surface area contributed by atoms with Gasteiger partial charge in [0.2, 0.25) is 0 Å². The van der Waals surface area contributed by atoms with Crippen molar-refractivity contribution in [3.05, 3.63) is 29.8 Å². The second-order valence-corrected chi connectivity index (χ2v) is 10.3. The highest BCUT2D eigenvalue weighted by atomic mass is 16.6. The molecule has 1 heterocycles. The van der Waals surface area contributed by atoms with Crippen molar-refractivity contribution in [1.82, 2.24) is 0 Å². The minimum absolute atomic E-state index is 0.109. The van der Waals surface area contributed by atoms with Gasteiger partial charge in [-0.1, -0.05) is 26.0 Å². The van der Waals surface area contributed by atoms with Crippen molar-refractivity contribution in [3.63, 3.8) is 0 Å². The van der Waals surface area contributed by atoms with Crippen LogP contribution in [0.5, 0.6) is 5.75 Å². The predicted octanol–water partition coefficient (Wildman–Crippen LogP) is 3.78. The summed E-state index contributed by atoms with van der Waals surface area (Å²) < 4.78 is 22.3. The van der Waals surface area contributed by atoms with Gasteiger partial charge in [0.15, 0.2) is 12.0 Å². The van der Waals surface area contributed by atoms with Crippen LogP contribution in [-0.2, 0) is 28.6 Å². The molecule has 0 radical (unpaired) electrons. The minimum atomic E-state index is -1.26. The number of benzene rings is 1. The largest absolute Gasteiger partial charge is 0.482 e. The van der Waals surface area contributed by atoms with Crippen LogP contribution in [0.4, 0.5) is 0 Å². The number of hydrogen-bond acceptors (Lipinski definition) is 7. The first-order valence-corrected chi connectivity index (χ1v) is 11.4. The number of esters is 3. The molecule has 6 unspecified atom stereocenters. The summed E-state index contributed by atoms with van der Waals surface area (Å²) in [6.45, 7) is 9.39. The van der Waals surface area contributed by atoms with E-state index in [0.29, 0.717) is 18.1 Å². The number of fused-ring (bicyclic) bond motifs is 1. The molecule has 2 bridgehead atoms. The molecule has 32 heavy (non-hydrogen) atoms. The Morgan fingerprint density at radius 2 is 1.91 bits per heavy atom. The Balaban J connectivity index is 1.35. The lowest BCUT2D eigenvalue weighted by Crippen LogP contribution is -2.47. The first kappa shape index (κ1) is 22.6. The van der Waals surface area contributed by atoms with E-state index in [1.807, 2.05) is 24.3 Å². The molecule has 6 atom stereocenters. The Bertz CT molecular complexity index is 900. The summed E-state index contributed by atoms with van der Waals surface area (Å²) in [5.41, 5.74) is -0.734. The SMILES string of the molecule is CCC(C)c1ccc(OCC(=O)OC2C3CC4C2OC(=O)C4(C(=O)OC(C)(C)C)C3)cc1. The molecule has 7 nitrogen and oxygen atoms in total. The van der Waals surface area contributed by atoms with Crippen LogP contribution < -0.4 is 4.74 Å². The highest BCUT2D eigenvalue weighted by molar-refractivity contribution is 6.03. The Morgan fingerprint density at radius 1 is 1.22 bits per heavy atom. The third kappa shape index (κ3) is 3.86. The van der Waals surface area contributed by atoms with Crippen LogP contribution in [0.2, 0.25) is 0 Å². The van der Waals surface area contributed by atoms with Crippen LogP contribution in [0.25, 0.3) is 0 Å². The van der Waals surface area contributed by atoms with Crippen LogP contribution >= 0.6 is 0 Å². The molecule has 4 rings (SSSR count). The normalized spacial score (nSPS) is 31.2. The smallest absolute Gasteiger partial charge is 0.344 e. The van der Waals surface area contributed by atoms with E-state index in [4.69, 9.17) is 18.9 Å². The lowest BCUT2D eigenvalue weighted by Gasteiger charge is -2.32. The molecule has 1 saturated heterocycles. The molecule has 7 heteroatoms. The average Bonchev–Trinajstić information content (AvgIpc) is 3.33. The lowest BCUT2D eigenvalue weighted by molar-refractivity contribution is -0.174. The van der Waals surface area contributed by atoms with E-state index in [1.165, 1.54) is 5.56 Å². The molecular formula is C25H32O7. The zero-order chi connectivity index (χ0) is 23.3. The van der Waals surface area contributed by atoms with Gasteiger partial charge in [-0.3, -0.25) is 9.59 Å². The number of carbonyl (C=O) groups excluding carboxylic acids is 3. The molecule has 0 spiro atoms. The first-order chi connectivity index (χ1) is 15.0. The summed E-state index contributed by atoms with van der Waals surface area (Å²) in [6, 6.07) is 7.69. The molecule has 0 N–H and O–H groups in total. The molecule has 2 saturated carbocycles. The van der Waals surface area contributed by atoms with Gasteiger partial charge in [0, 0.05) is 11.8 Å². The van der Waals surface area contributed by atoms with Crippen LogP contribution in [-0.4, -0.2) is 42.3 Å². The number of carbonyl (C=O) groups is 3. The van der Waals surface area contributed by atoms with Gasteiger partial charge in [0.1, 0.15) is 23.6 Å². The van der Waals surface area contributed by atoms with E-state index in [2.05, 4.69) is 13.8 Å². The van der Waals surface area contributed by atoms with Gasteiger partial charge in [0.05, 0.1) is 0 Å². The average molecular weight is 445 g/mol. The minimum Gasteiger partial charge on any atom is -0.482 e. The van der Waals surface area contributed by atoms with Crippen molar-refractivity contribution >= 4 is 17.9 Å². The van der Waals surface area contributed by atoms with Gasteiger partial charge >= 0.3 is 17.9 Å². The molecule has 3 aliphatic rings. The van der Waals surface area contributed by atoms with Crippen molar-refractivity contribution < 1.29 is 33.3 Å². The monoisotopic (exact) mass is 444 g/mol. The summed E-state index contributed by atoms with van der Waals surface area (Å²) in [6.07, 6.45) is 0.791. The third-order valence-corrected chi connectivity index (χ3v) is 7.02. The quantitative estimate of drug-likeness (QED) is 0.359. The van der Waals surface area contributed by atoms with Crippen LogP contribution in [0.15, 0.2) is 24.3 Å². The fourth-order valence-electron chi connectivity index (χ4n) is 5.26. The van der Waals surface area contributed by atoms with Crippen LogP contribution in [0.1, 0.15) is 65.4 Å². The van der Waals surface area contributed by atoms with E-state index in [9.17, 15) is 14.4 Å². The highest BCUT2D eigenvalue weighted by Crippen LogP contribution is 2.63. The summed E-state index contributed by atoms with van der Waals surface area (Å²) >= 11 is 0. The Labute approximate surface area is 188 Å². The number of hydrogen-bond donors (Lipinski definition) is 0. The number of rotatable bonds is 7. The zero-order valence-corrected chi connectivity index (χ0v) is 19.4. The van der Waals surface area contributed by atoms with Crippen molar-refractivity contribution in [3.8, 4) is 5.75 Å². The second-order valence-electron chi connectivity index (χ2n) is 10.3. The van der Waals surface area contributed by atoms with Gasteiger partial charge in [-0.25, -0.2) is 4.79 Å². The Morgan fingerprint density at radius 3 is 2.53 bits per heavy atom. The van der Waals surface area contributed by atoms with E-state index in [0.717, 1.165) is 6.42 Å². The van der Waals surface area contributed by atoms with E-state index in [-0.39, 0.29) is 24.9 Å². The summed E-state index contributed by atoms with van der Waals surface area (Å²) in [5, 5.41) is 0. The Kier molecular flexibility index (Phi) is 5.72. The molecule has 174 valence electrons. The molecule has 3 fully saturated rings. The molecule has 2 aliphatic carbocycles. The third-order valence-electron chi connectivity index (χ3n) is 7.02. The molecule has 0 aromatic heterocycles. The molecular weight excluding hydrogens is 412 g/mol. The van der Waals surface area contributed by atoms with Crippen molar-refractivity contribution in [1.29, 1.82) is 0 Å². The fourth-order valence-corrected chi connectivity index (χ4v) is 5.26. The van der Waals surface area contributed by atoms with Crippen LogP contribution in [0, 0.1) is 17.3 Å². The lowest BCUT2D eigenvalue weighted by atomic mass is 9.73. The second kappa shape index (κ2) is 8.09. The molecule has 0 amide bonds. The molecule has 1 aromatic carbocycles. The van der Waals surface area contributed by atoms with Gasteiger partial charge in [-0.15, -0.1) is 0 Å². The maximum Gasteiger partial charge on any atom is 0.344 e. The van der Waals surface area contributed by atoms with E-state index in [1.54, 1.807) is 20.8 Å². The zero-order valence-electron chi connectivity index (χ0n) is 19.4. The van der Waals surface area contributed by atoms with Crippen LogP contribution in [0.3, 0.4) is 0 Å². The maximum absolute atomic E-state index is 12.9. The maximum atomic E-state index is 12.9. The summed E-state index contributed by atoms with van der Waals surface area (Å²) in [7, 11) is 0. The Hall–Kier alpha value is -2.57. The number of ether oxygens (including phenoxy) is 4. The van der Waals surface area contributed by atoms with Gasteiger partial charge in [-0.05, 0) is 63.6 Å². The van der Waals surface area contributed by atoms with Crippen molar-refractivity contribution in [2.24, 2.45) is 17.3 Å². The predicted molar refractivity (Wildman–Crippen MR) is 115 cm³/mol. The van der Waals surface area contributed by atoms with Gasteiger partial charge in [0.25, 0.3) is 0 Å². The highest BCUT2D eigenvalue weighted by Gasteiger charge is 2.75. The van der Waals surface area contributed by atoms with Crippen molar-refractivity contribution in [2.45, 2.75) is 77.6 Å². The molecule has 1 aliphatic heterocycles.